The number of fused-ring (bicyclic) bond motifs is 2. The Morgan fingerprint density at radius 1 is 0.750 bits per heavy atom. The van der Waals surface area contributed by atoms with E-state index in [0.717, 1.165) is 30.9 Å². The molecule has 0 aromatic heterocycles. The first-order chi connectivity index (χ1) is 13.7. The Kier molecular flexibility index (Phi) is 9.05. The van der Waals surface area contributed by atoms with Crippen LogP contribution in [0.25, 0.3) is 0 Å². The smallest absolute Gasteiger partial charge is 0.147 e. The van der Waals surface area contributed by atoms with Gasteiger partial charge >= 0.3 is 195 Å². The first-order valence-electron chi connectivity index (χ1n) is 13.2. The van der Waals surface area contributed by atoms with E-state index in [1.807, 2.05) is 11.1 Å². The van der Waals surface area contributed by atoms with E-state index >= 15 is 0 Å². The van der Waals surface area contributed by atoms with E-state index in [-0.39, 0.29) is 24.8 Å². The van der Waals surface area contributed by atoms with E-state index < -0.39 is 15.7 Å². The van der Waals surface area contributed by atoms with E-state index in [9.17, 15) is 0 Å². The third-order valence-corrected chi connectivity index (χ3v) is 36.0. The van der Waals surface area contributed by atoms with Gasteiger partial charge in [-0.1, -0.05) is 0 Å². The molecule has 4 rings (SSSR count). The molecule has 0 nitrogen and oxygen atoms in total. The summed E-state index contributed by atoms with van der Waals surface area (Å²) in [6, 6.07) is 0. The van der Waals surface area contributed by atoms with Gasteiger partial charge in [0.05, 0.1) is 0 Å². The largest absolute Gasteiger partial charge is 0.147 e. The number of allylic oxidation sites excluding steroid dienone is 4. The molecule has 0 aromatic carbocycles. The van der Waals surface area contributed by atoms with Crippen molar-refractivity contribution in [3.63, 3.8) is 0 Å². The van der Waals surface area contributed by atoms with Crippen molar-refractivity contribution < 1.29 is 15.7 Å². The molecule has 0 aliphatic heterocycles. The number of hydrogen-bond donors (Lipinski definition) is 0. The van der Waals surface area contributed by atoms with Gasteiger partial charge in [-0.2, -0.15) is 0 Å². The second-order valence-corrected chi connectivity index (χ2v) is 59.8. The molecule has 0 N–H and O–H groups in total. The van der Waals surface area contributed by atoms with E-state index in [2.05, 4.69) is 63.0 Å². The number of rotatable bonds is 2. The van der Waals surface area contributed by atoms with Crippen LogP contribution in [0.15, 0.2) is 23.3 Å². The maximum absolute atomic E-state index is 3.00. The quantitative estimate of drug-likeness (QED) is 0.213. The van der Waals surface area contributed by atoms with Crippen molar-refractivity contribution in [3.8, 4) is 0 Å². The molecule has 0 radical (unpaired) electrons. The third kappa shape index (κ3) is 4.87. The van der Waals surface area contributed by atoms with Crippen LogP contribution in [-0.2, 0) is 15.7 Å². The second kappa shape index (κ2) is 9.75. The van der Waals surface area contributed by atoms with Crippen LogP contribution in [0, 0.1) is 34.5 Å². The van der Waals surface area contributed by atoms with Crippen molar-refractivity contribution in [2.75, 3.05) is 0 Å². The Morgan fingerprint density at radius 2 is 1.09 bits per heavy atom. The summed E-state index contributed by atoms with van der Waals surface area (Å²) in [5.41, 5.74) is 4.99. The van der Waals surface area contributed by atoms with E-state index in [4.69, 9.17) is 0 Å². The fourth-order valence-corrected chi connectivity index (χ4v) is 43.2. The molecule has 0 heterocycles. The topological polar surface area (TPSA) is 0 Å². The van der Waals surface area contributed by atoms with Crippen molar-refractivity contribution in [2.24, 2.45) is 34.5 Å². The minimum Gasteiger partial charge on any atom is -0.147 e. The van der Waals surface area contributed by atoms with Gasteiger partial charge in [0.15, 0.2) is 0 Å². The molecule has 0 amide bonds. The van der Waals surface area contributed by atoms with Gasteiger partial charge in [0, 0.05) is 0 Å². The molecule has 0 spiro atoms. The van der Waals surface area contributed by atoms with Crippen molar-refractivity contribution in [1.29, 1.82) is 0 Å². The first kappa shape index (κ1) is 29.7. The normalized spacial score (nSPS) is 38.7. The zero-order chi connectivity index (χ0) is 22.1. The third-order valence-electron chi connectivity index (χ3n) is 10.6. The molecule has 4 aliphatic carbocycles. The molecule has 6 atom stereocenters. The van der Waals surface area contributed by atoms with Crippen LogP contribution >= 0.6 is 24.8 Å². The standard InChI is InChI=1S/2C13H21.2CH3.2ClH.GeH2.Zr/c2*1-10-8-11-6-4-5-7-13(2,3)12(11)9-10;;;;;;/h2*6,8,10,12H,4-5,7,9H2,1-3H3;2*1H3;2*1H;1H2;. The van der Waals surface area contributed by atoms with Crippen molar-refractivity contribution >= 4 is 37.0 Å². The Balaban J connectivity index is 0.00000181. The average Bonchev–Trinajstić information content (AvgIpc) is 3.05. The molecule has 0 bridgehead atoms. The van der Waals surface area contributed by atoms with E-state index in [1.165, 1.54) is 51.4 Å². The Bertz CT molecular complexity index is 768. The van der Waals surface area contributed by atoms with Crippen LogP contribution in [0.3, 0.4) is 0 Å². The van der Waals surface area contributed by atoms with Crippen molar-refractivity contribution in [2.45, 2.75) is 109 Å². The van der Waals surface area contributed by atoms with Gasteiger partial charge in [-0.25, -0.2) is 0 Å². The molecule has 6 unspecified atom stereocenters. The Morgan fingerprint density at radius 3 is 1.44 bits per heavy atom. The zero-order valence-electron chi connectivity index (χ0n) is 22.3. The van der Waals surface area contributed by atoms with Gasteiger partial charge < -0.3 is 0 Å². The van der Waals surface area contributed by atoms with E-state index in [1.54, 1.807) is 12.1 Å². The fraction of sp³-hybridized carbons (Fsp3) is 0.857. The molecule has 2 fully saturated rings. The van der Waals surface area contributed by atoms with Gasteiger partial charge in [-0.15, -0.1) is 24.8 Å². The maximum atomic E-state index is 2.95. The van der Waals surface area contributed by atoms with Crippen molar-refractivity contribution in [3.05, 3.63) is 23.3 Å². The van der Waals surface area contributed by atoms with Gasteiger partial charge in [-0.05, 0) is 0 Å². The molecular formula is C28H52Cl2GeZr. The van der Waals surface area contributed by atoms with Gasteiger partial charge in [-0.3, -0.25) is 0 Å². The van der Waals surface area contributed by atoms with Crippen LogP contribution < -0.4 is 0 Å². The summed E-state index contributed by atoms with van der Waals surface area (Å²) in [7, 11) is 0. The van der Waals surface area contributed by atoms with Crippen LogP contribution in [-0.4, -0.2) is 12.1 Å². The molecular weight excluding hydrogens is 571 g/mol. The minimum atomic E-state index is -3.00. The van der Waals surface area contributed by atoms with E-state index in [0.29, 0.717) is 10.8 Å². The number of hydrogen-bond acceptors (Lipinski definition) is 0. The molecule has 186 valence electrons. The van der Waals surface area contributed by atoms with Crippen molar-refractivity contribution in [1.82, 2.24) is 0 Å². The summed E-state index contributed by atoms with van der Waals surface area (Å²) < 4.78 is 7.86. The summed E-state index contributed by atoms with van der Waals surface area (Å²) in [6.07, 6.45) is 16.9. The summed E-state index contributed by atoms with van der Waals surface area (Å²) in [6.45, 7) is 15.7. The molecule has 0 saturated heterocycles. The van der Waals surface area contributed by atoms with Gasteiger partial charge in [0.2, 0.25) is 0 Å². The molecule has 32 heavy (non-hydrogen) atoms. The molecule has 4 heteroatoms. The SMILES string of the molecule is CC1CC2C(=CCCCC2(C)C)[CH]1[Zr]([CH3])([CH3])(=[GeH2])[CH]1C2=CCCCC(C)(C)C2CC1C.Cl.Cl. The summed E-state index contributed by atoms with van der Waals surface area (Å²) >= 11 is -1.37. The van der Waals surface area contributed by atoms with Crippen LogP contribution in [0.4, 0.5) is 0 Å². The second-order valence-electron chi connectivity index (χ2n) is 14.6. The number of halogens is 2. The van der Waals surface area contributed by atoms with Crippen LogP contribution in [0.2, 0.25) is 16.5 Å². The predicted octanol–water partition coefficient (Wildman–Crippen LogP) is 9.33. The fourth-order valence-electron chi connectivity index (χ4n) is 9.62. The average molecular weight is 623 g/mol. The first-order valence-corrected chi connectivity index (χ1v) is 31.5. The monoisotopic (exact) mass is 622 g/mol. The maximum Gasteiger partial charge on any atom is -0.147 e. The summed E-state index contributed by atoms with van der Waals surface area (Å²) in [5, 5.41) is 0. The van der Waals surface area contributed by atoms with Crippen LogP contribution in [0.5, 0.6) is 0 Å². The van der Waals surface area contributed by atoms with Gasteiger partial charge in [0.1, 0.15) is 0 Å². The molecule has 0 aromatic rings. The van der Waals surface area contributed by atoms with Gasteiger partial charge in [0.25, 0.3) is 0 Å². The summed E-state index contributed by atoms with van der Waals surface area (Å²) in [4.78, 5) is 0. The summed E-state index contributed by atoms with van der Waals surface area (Å²) in [5.74, 6) is 3.56. The predicted molar refractivity (Wildman–Crippen MR) is 148 cm³/mol. The Labute approximate surface area is 218 Å². The van der Waals surface area contributed by atoms with Crippen LogP contribution in [0.1, 0.15) is 92.9 Å². The Hall–Kier alpha value is 1.49. The minimum absolute atomic E-state index is 0. The molecule has 2 saturated carbocycles. The molecule has 4 aliphatic rings. The zero-order valence-corrected chi connectivity index (χ0v) is 29.4.